The van der Waals surface area contributed by atoms with Crippen LogP contribution in [0.2, 0.25) is 0 Å². The number of phenolic OH excluding ortho intramolecular Hbond substituents is 1. The van der Waals surface area contributed by atoms with E-state index < -0.39 is 0 Å². The lowest BCUT2D eigenvalue weighted by molar-refractivity contribution is 0.373. The number of aromatic hydroxyl groups is 1. The van der Waals surface area contributed by atoms with Gasteiger partial charge in [0.15, 0.2) is 17.3 Å². The van der Waals surface area contributed by atoms with E-state index in [9.17, 15) is 5.11 Å². The molecule has 0 radical (unpaired) electrons. The highest BCUT2D eigenvalue weighted by Gasteiger charge is 2.19. The van der Waals surface area contributed by atoms with Crippen molar-refractivity contribution in [2.24, 2.45) is 5.84 Å². The van der Waals surface area contributed by atoms with Crippen LogP contribution in [-0.2, 0) is 12.8 Å². The Morgan fingerprint density at radius 1 is 1.30 bits per heavy atom. The summed E-state index contributed by atoms with van der Waals surface area (Å²) in [5.74, 6) is 7.24. The molecule has 0 aliphatic heterocycles. The molecular formula is C14H16N4O2. The summed E-state index contributed by atoms with van der Waals surface area (Å²) in [5.41, 5.74) is 5.49. The molecule has 2 aromatic rings. The Morgan fingerprint density at radius 2 is 2.15 bits per heavy atom. The maximum Gasteiger partial charge on any atom is 0.161 e. The molecule has 0 saturated carbocycles. The molecule has 3 rings (SSSR count). The maximum absolute atomic E-state index is 9.85. The van der Waals surface area contributed by atoms with Crippen molar-refractivity contribution < 1.29 is 9.84 Å². The normalized spacial score (nSPS) is 13.1. The van der Waals surface area contributed by atoms with Crippen molar-refractivity contribution >= 4 is 5.82 Å². The number of rotatable bonds is 3. The number of nitrogens with two attached hydrogens (primary N) is 1. The number of phenols is 1. The van der Waals surface area contributed by atoms with Gasteiger partial charge in [-0.15, -0.1) is 0 Å². The first kappa shape index (κ1) is 12.7. The predicted octanol–water partition coefficient (Wildman–Crippen LogP) is 1.63. The number of benzene rings is 1. The van der Waals surface area contributed by atoms with E-state index >= 15 is 0 Å². The second-order valence-electron chi connectivity index (χ2n) is 4.71. The Kier molecular flexibility index (Phi) is 3.15. The first-order chi connectivity index (χ1) is 9.72. The summed E-state index contributed by atoms with van der Waals surface area (Å²) < 4.78 is 5.03. The summed E-state index contributed by atoms with van der Waals surface area (Å²) in [6.45, 7) is 0. The van der Waals surface area contributed by atoms with Crippen molar-refractivity contribution in [3.8, 4) is 22.9 Å². The number of hydrogen-bond donors (Lipinski definition) is 3. The van der Waals surface area contributed by atoms with Gasteiger partial charge in [0.05, 0.1) is 7.11 Å². The molecule has 0 atom stereocenters. The van der Waals surface area contributed by atoms with Gasteiger partial charge >= 0.3 is 0 Å². The van der Waals surface area contributed by atoms with Crippen LogP contribution in [0.4, 0.5) is 5.82 Å². The number of aromatic nitrogens is 2. The molecule has 1 aliphatic rings. The molecular weight excluding hydrogens is 256 g/mol. The Bertz CT molecular complexity index is 658. The van der Waals surface area contributed by atoms with Crippen LogP contribution in [0.25, 0.3) is 11.4 Å². The fourth-order valence-corrected chi connectivity index (χ4v) is 2.51. The number of methoxy groups -OCH3 is 1. The zero-order chi connectivity index (χ0) is 14.1. The molecule has 0 unspecified atom stereocenters. The highest BCUT2D eigenvalue weighted by atomic mass is 16.5. The Hall–Kier alpha value is -2.34. The zero-order valence-corrected chi connectivity index (χ0v) is 11.2. The molecule has 1 heterocycles. The number of hydrazine groups is 1. The quantitative estimate of drug-likeness (QED) is 0.581. The lowest BCUT2D eigenvalue weighted by Crippen LogP contribution is -2.12. The lowest BCUT2D eigenvalue weighted by atomic mass is 10.1. The average Bonchev–Trinajstić information content (AvgIpc) is 2.94. The molecule has 0 amide bonds. The van der Waals surface area contributed by atoms with Gasteiger partial charge in [0, 0.05) is 16.8 Å². The monoisotopic (exact) mass is 272 g/mol. The molecule has 6 nitrogen and oxygen atoms in total. The third kappa shape index (κ3) is 2.04. The fourth-order valence-electron chi connectivity index (χ4n) is 2.51. The van der Waals surface area contributed by atoms with Gasteiger partial charge in [-0.3, -0.25) is 0 Å². The van der Waals surface area contributed by atoms with Crippen molar-refractivity contribution in [2.45, 2.75) is 19.3 Å². The molecule has 0 fully saturated rings. The molecule has 6 heteroatoms. The summed E-state index contributed by atoms with van der Waals surface area (Å²) in [5, 5.41) is 9.85. The first-order valence-electron chi connectivity index (χ1n) is 6.46. The minimum absolute atomic E-state index is 0.0661. The molecule has 20 heavy (non-hydrogen) atoms. The fraction of sp³-hybridized carbons (Fsp3) is 0.286. The van der Waals surface area contributed by atoms with Crippen LogP contribution < -0.4 is 16.0 Å². The zero-order valence-electron chi connectivity index (χ0n) is 11.2. The standard InChI is InChI=1S/C14H16N4O2/c1-20-12-6-5-8(7-11(12)19)13-16-10-4-2-3-9(10)14(17-13)18-15/h5-7,19H,2-4,15H2,1H3,(H,16,17,18). The molecule has 104 valence electrons. The van der Waals surface area contributed by atoms with Crippen LogP contribution >= 0.6 is 0 Å². The summed E-state index contributed by atoms with van der Waals surface area (Å²) in [6, 6.07) is 5.10. The number of ether oxygens (including phenoxy) is 1. The van der Waals surface area contributed by atoms with Crippen LogP contribution in [0, 0.1) is 0 Å². The van der Waals surface area contributed by atoms with E-state index in [-0.39, 0.29) is 5.75 Å². The van der Waals surface area contributed by atoms with Gasteiger partial charge in [-0.25, -0.2) is 15.8 Å². The second-order valence-corrected chi connectivity index (χ2v) is 4.71. The maximum atomic E-state index is 9.85. The molecule has 1 aliphatic carbocycles. The highest BCUT2D eigenvalue weighted by Crippen LogP contribution is 2.32. The molecule has 4 N–H and O–H groups in total. The minimum Gasteiger partial charge on any atom is -0.504 e. The summed E-state index contributed by atoms with van der Waals surface area (Å²) in [6.07, 6.45) is 2.95. The molecule has 1 aromatic carbocycles. The minimum atomic E-state index is 0.0661. The van der Waals surface area contributed by atoms with Gasteiger partial charge in [0.25, 0.3) is 0 Å². The van der Waals surface area contributed by atoms with E-state index in [0.717, 1.165) is 36.1 Å². The molecule has 0 bridgehead atoms. The third-order valence-electron chi connectivity index (χ3n) is 3.51. The van der Waals surface area contributed by atoms with Crippen LogP contribution in [-0.4, -0.2) is 22.2 Å². The molecule has 0 spiro atoms. The van der Waals surface area contributed by atoms with E-state index in [1.165, 1.54) is 7.11 Å². The third-order valence-corrected chi connectivity index (χ3v) is 3.51. The highest BCUT2D eigenvalue weighted by molar-refractivity contribution is 5.64. The summed E-state index contributed by atoms with van der Waals surface area (Å²) in [4.78, 5) is 9.00. The van der Waals surface area contributed by atoms with Crippen molar-refractivity contribution in [1.29, 1.82) is 0 Å². The van der Waals surface area contributed by atoms with Crippen LogP contribution in [0.15, 0.2) is 18.2 Å². The predicted molar refractivity (Wildman–Crippen MR) is 75.5 cm³/mol. The summed E-state index contributed by atoms with van der Waals surface area (Å²) >= 11 is 0. The number of anilines is 1. The van der Waals surface area contributed by atoms with Crippen molar-refractivity contribution in [1.82, 2.24) is 9.97 Å². The Morgan fingerprint density at radius 3 is 2.85 bits per heavy atom. The largest absolute Gasteiger partial charge is 0.504 e. The number of nitrogens with zero attached hydrogens (tertiary/aromatic N) is 2. The van der Waals surface area contributed by atoms with Crippen molar-refractivity contribution in [3.05, 3.63) is 29.5 Å². The van der Waals surface area contributed by atoms with Gasteiger partial charge < -0.3 is 15.3 Å². The first-order valence-corrected chi connectivity index (χ1v) is 6.46. The molecule has 0 saturated heterocycles. The smallest absolute Gasteiger partial charge is 0.161 e. The van der Waals surface area contributed by atoms with Crippen LogP contribution in [0.5, 0.6) is 11.5 Å². The van der Waals surface area contributed by atoms with Crippen molar-refractivity contribution in [3.63, 3.8) is 0 Å². The van der Waals surface area contributed by atoms with E-state index in [4.69, 9.17) is 10.6 Å². The molecule has 1 aromatic heterocycles. The van der Waals surface area contributed by atoms with Gasteiger partial charge in [0.2, 0.25) is 0 Å². The number of hydrogen-bond acceptors (Lipinski definition) is 6. The van der Waals surface area contributed by atoms with Crippen LogP contribution in [0.1, 0.15) is 17.7 Å². The van der Waals surface area contributed by atoms with Crippen LogP contribution in [0.3, 0.4) is 0 Å². The van der Waals surface area contributed by atoms with Gasteiger partial charge in [0.1, 0.15) is 5.82 Å². The Labute approximate surface area is 116 Å². The van der Waals surface area contributed by atoms with Crippen molar-refractivity contribution in [2.75, 3.05) is 12.5 Å². The van der Waals surface area contributed by atoms with E-state index in [1.54, 1.807) is 12.1 Å². The number of aryl methyl sites for hydroxylation is 1. The van der Waals surface area contributed by atoms with Gasteiger partial charge in [-0.2, -0.15) is 0 Å². The Balaban J connectivity index is 2.08. The summed E-state index contributed by atoms with van der Waals surface area (Å²) in [7, 11) is 1.51. The lowest BCUT2D eigenvalue weighted by Gasteiger charge is -2.10. The number of nitrogen functional groups attached to an aromatic ring is 1. The van der Waals surface area contributed by atoms with Gasteiger partial charge in [-0.05, 0) is 37.5 Å². The second kappa shape index (κ2) is 4.97. The van der Waals surface area contributed by atoms with E-state index in [2.05, 4.69) is 15.4 Å². The van der Waals surface area contributed by atoms with Gasteiger partial charge in [-0.1, -0.05) is 0 Å². The average molecular weight is 272 g/mol. The number of fused-ring (bicyclic) bond motifs is 1. The topological polar surface area (TPSA) is 93.3 Å². The SMILES string of the molecule is COc1ccc(-c2nc3c(c(NN)n2)CCC3)cc1O. The van der Waals surface area contributed by atoms with E-state index in [0.29, 0.717) is 17.4 Å². The number of nitrogens with one attached hydrogen (secondary N) is 1. The van der Waals surface area contributed by atoms with E-state index in [1.807, 2.05) is 6.07 Å².